The predicted octanol–water partition coefficient (Wildman–Crippen LogP) is 3.21. The molecule has 0 radical (unpaired) electrons. The molecule has 2 bridgehead atoms. The average Bonchev–Trinajstić information content (AvgIpc) is 3.21. The fourth-order valence-corrected chi connectivity index (χ4v) is 4.22. The lowest BCUT2D eigenvalue weighted by Crippen LogP contribution is -2.38. The summed E-state index contributed by atoms with van der Waals surface area (Å²) in [5.74, 6) is 1.09. The normalized spacial score (nSPS) is 24.1. The molecule has 3 heteroatoms. The zero-order valence-corrected chi connectivity index (χ0v) is 12.6. The summed E-state index contributed by atoms with van der Waals surface area (Å²) in [7, 11) is 0. The van der Waals surface area contributed by atoms with Gasteiger partial charge in [-0.2, -0.15) is 0 Å². The highest BCUT2D eigenvalue weighted by atomic mass is 16.2. The number of aryl methyl sites for hydroxylation is 1. The van der Waals surface area contributed by atoms with E-state index in [2.05, 4.69) is 46.9 Å². The molecule has 2 heterocycles. The van der Waals surface area contributed by atoms with Crippen LogP contribution in [0, 0.1) is 5.92 Å². The lowest BCUT2D eigenvalue weighted by Gasteiger charge is -2.27. The number of para-hydroxylation sites is 1. The first-order valence-electron chi connectivity index (χ1n) is 8.12. The van der Waals surface area contributed by atoms with Crippen LogP contribution in [0.15, 0.2) is 30.5 Å². The van der Waals surface area contributed by atoms with E-state index in [1.807, 2.05) is 0 Å². The van der Waals surface area contributed by atoms with Crippen LogP contribution in [0.2, 0.25) is 0 Å². The fraction of sp³-hybridized carbons (Fsp3) is 0.500. The molecule has 2 atom stereocenters. The van der Waals surface area contributed by atoms with E-state index >= 15 is 0 Å². The average molecular weight is 282 g/mol. The van der Waals surface area contributed by atoms with E-state index < -0.39 is 0 Å². The number of fused-ring (bicyclic) bond motifs is 3. The molecule has 1 aliphatic carbocycles. The zero-order valence-electron chi connectivity index (χ0n) is 12.6. The molecular weight excluding hydrogens is 260 g/mol. The highest BCUT2D eigenvalue weighted by molar-refractivity contribution is 5.89. The first kappa shape index (κ1) is 12.9. The van der Waals surface area contributed by atoms with E-state index in [0.717, 1.165) is 19.0 Å². The number of amides is 1. The summed E-state index contributed by atoms with van der Waals surface area (Å²) in [4.78, 5) is 14.8. The Balaban J connectivity index is 1.61. The molecule has 2 aromatic rings. The van der Waals surface area contributed by atoms with E-state index in [-0.39, 0.29) is 0 Å². The lowest BCUT2D eigenvalue weighted by molar-refractivity contribution is -0.132. The maximum Gasteiger partial charge on any atom is 0.227 e. The van der Waals surface area contributed by atoms with Crippen LogP contribution in [-0.2, 0) is 17.8 Å². The van der Waals surface area contributed by atoms with Crippen LogP contribution in [0.25, 0.3) is 10.9 Å². The van der Waals surface area contributed by atoms with Crippen molar-refractivity contribution in [3.8, 4) is 0 Å². The molecule has 1 saturated heterocycles. The smallest absolute Gasteiger partial charge is 0.227 e. The Morgan fingerprint density at radius 2 is 2.14 bits per heavy atom. The molecule has 0 N–H and O–H groups in total. The van der Waals surface area contributed by atoms with Crippen molar-refractivity contribution in [1.29, 1.82) is 0 Å². The number of likely N-dealkylation sites (tertiary alicyclic amines) is 1. The topological polar surface area (TPSA) is 25.2 Å². The van der Waals surface area contributed by atoms with Gasteiger partial charge in [0.05, 0.1) is 6.42 Å². The van der Waals surface area contributed by atoms with Crippen molar-refractivity contribution in [3.05, 3.63) is 36.0 Å². The largest absolute Gasteiger partial charge is 0.347 e. The van der Waals surface area contributed by atoms with Gasteiger partial charge in [0.25, 0.3) is 0 Å². The summed E-state index contributed by atoms with van der Waals surface area (Å²) in [6.07, 6.45) is 6.49. The molecule has 0 spiro atoms. The molecule has 1 aromatic carbocycles. The zero-order chi connectivity index (χ0) is 14.4. The Bertz CT molecular complexity index is 688. The Morgan fingerprint density at radius 1 is 1.29 bits per heavy atom. The SMILES string of the molecule is CCn1cc(CC(=O)N2CC3CCC2C3)c2ccccc21. The van der Waals surface area contributed by atoms with Gasteiger partial charge in [0.1, 0.15) is 0 Å². The number of rotatable bonds is 3. The van der Waals surface area contributed by atoms with Gasteiger partial charge in [0.15, 0.2) is 0 Å². The third kappa shape index (κ3) is 2.06. The van der Waals surface area contributed by atoms with Crippen molar-refractivity contribution in [2.75, 3.05) is 6.54 Å². The van der Waals surface area contributed by atoms with Crippen molar-refractivity contribution in [3.63, 3.8) is 0 Å². The van der Waals surface area contributed by atoms with Crippen molar-refractivity contribution >= 4 is 16.8 Å². The van der Waals surface area contributed by atoms with Gasteiger partial charge in [0, 0.05) is 36.2 Å². The lowest BCUT2D eigenvalue weighted by atomic mass is 10.1. The van der Waals surface area contributed by atoms with Crippen LogP contribution in [0.1, 0.15) is 31.7 Å². The van der Waals surface area contributed by atoms with E-state index in [4.69, 9.17) is 0 Å². The number of hydrogen-bond donors (Lipinski definition) is 0. The molecule has 1 aromatic heterocycles. The van der Waals surface area contributed by atoms with E-state index in [1.165, 1.54) is 35.7 Å². The second-order valence-electron chi connectivity index (χ2n) is 6.51. The van der Waals surface area contributed by atoms with Gasteiger partial charge >= 0.3 is 0 Å². The molecule has 1 saturated carbocycles. The second kappa shape index (κ2) is 4.90. The molecule has 2 aliphatic rings. The molecule has 1 amide bonds. The van der Waals surface area contributed by atoms with Gasteiger partial charge in [0.2, 0.25) is 5.91 Å². The summed E-state index contributed by atoms with van der Waals surface area (Å²) in [6, 6.07) is 8.94. The number of hydrogen-bond acceptors (Lipinski definition) is 1. The van der Waals surface area contributed by atoms with Gasteiger partial charge in [-0.05, 0) is 43.7 Å². The third-order valence-electron chi connectivity index (χ3n) is 5.28. The van der Waals surface area contributed by atoms with Crippen molar-refractivity contribution in [2.45, 2.75) is 45.2 Å². The third-order valence-corrected chi connectivity index (χ3v) is 5.28. The number of aromatic nitrogens is 1. The van der Waals surface area contributed by atoms with Gasteiger partial charge < -0.3 is 9.47 Å². The van der Waals surface area contributed by atoms with Crippen molar-refractivity contribution in [1.82, 2.24) is 9.47 Å². The Morgan fingerprint density at radius 3 is 2.86 bits per heavy atom. The van der Waals surface area contributed by atoms with E-state index in [0.29, 0.717) is 18.4 Å². The first-order valence-corrected chi connectivity index (χ1v) is 8.12. The maximum atomic E-state index is 12.7. The van der Waals surface area contributed by atoms with E-state index in [1.54, 1.807) is 0 Å². The maximum absolute atomic E-state index is 12.7. The van der Waals surface area contributed by atoms with Crippen LogP contribution in [0.5, 0.6) is 0 Å². The molecular formula is C18H22N2O. The number of carbonyl (C=O) groups is 1. The Labute approximate surface area is 125 Å². The summed E-state index contributed by atoms with van der Waals surface area (Å²) < 4.78 is 2.24. The van der Waals surface area contributed by atoms with Crippen LogP contribution in [0.4, 0.5) is 0 Å². The Hall–Kier alpha value is -1.77. The van der Waals surface area contributed by atoms with Crippen LogP contribution < -0.4 is 0 Å². The van der Waals surface area contributed by atoms with Gasteiger partial charge in [-0.3, -0.25) is 4.79 Å². The number of benzene rings is 1. The highest BCUT2D eigenvalue weighted by Crippen LogP contribution is 2.37. The van der Waals surface area contributed by atoms with Crippen LogP contribution in [0.3, 0.4) is 0 Å². The van der Waals surface area contributed by atoms with Gasteiger partial charge in [-0.25, -0.2) is 0 Å². The summed E-state index contributed by atoms with van der Waals surface area (Å²) in [6.45, 7) is 4.09. The fourth-order valence-electron chi connectivity index (χ4n) is 4.22. The first-order chi connectivity index (χ1) is 10.3. The van der Waals surface area contributed by atoms with Gasteiger partial charge in [-0.1, -0.05) is 18.2 Å². The molecule has 21 heavy (non-hydrogen) atoms. The second-order valence-corrected chi connectivity index (χ2v) is 6.51. The molecule has 2 fully saturated rings. The molecule has 2 unspecified atom stereocenters. The Kier molecular flexibility index (Phi) is 3.02. The van der Waals surface area contributed by atoms with Gasteiger partial charge in [-0.15, -0.1) is 0 Å². The molecule has 3 nitrogen and oxygen atoms in total. The number of nitrogens with zero attached hydrogens (tertiary/aromatic N) is 2. The quantitative estimate of drug-likeness (QED) is 0.848. The number of carbonyl (C=O) groups excluding carboxylic acids is 1. The monoisotopic (exact) mass is 282 g/mol. The summed E-state index contributed by atoms with van der Waals surface area (Å²) >= 11 is 0. The highest BCUT2D eigenvalue weighted by Gasteiger charge is 2.40. The minimum absolute atomic E-state index is 0.321. The van der Waals surface area contributed by atoms with Crippen molar-refractivity contribution in [2.24, 2.45) is 5.92 Å². The minimum Gasteiger partial charge on any atom is -0.347 e. The van der Waals surface area contributed by atoms with Crippen LogP contribution >= 0.6 is 0 Å². The summed E-state index contributed by atoms with van der Waals surface area (Å²) in [5, 5.41) is 1.23. The van der Waals surface area contributed by atoms with E-state index in [9.17, 15) is 4.79 Å². The molecule has 110 valence electrons. The molecule has 1 aliphatic heterocycles. The number of piperidine rings is 1. The predicted molar refractivity (Wildman–Crippen MR) is 84.2 cm³/mol. The van der Waals surface area contributed by atoms with Crippen molar-refractivity contribution < 1.29 is 4.79 Å². The molecule has 4 rings (SSSR count). The standard InChI is InChI=1S/C18H22N2O/c1-2-19-12-14(16-5-3-4-6-17(16)19)10-18(21)20-11-13-7-8-15(20)9-13/h3-6,12-13,15H,2,7-11H2,1H3. The van der Waals surface area contributed by atoms with Crippen LogP contribution in [-0.4, -0.2) is 28.0 Å². The summed E-state index contributed by atoms with van der Waals surface area (Å²) in [5.41, 5.74) is 2.42. The minimum atomic E-state index is 0.321.